The Balaban J connectivity index is 1.54. The lowest BCUT2D eigenvalue weighted by atomic mass is 10.2. The molecule has 0 fully saturated rings. The fourth-order valence-corrected chi connectivity index (χ4v) is 4.40. The largest absolute Gasteiger partial charge is 0.323 e. The van der Waals surface area contributed by atoms with E-state index in [4.69, 9.17) is 0 Å². The van der Waals surface area contributed by atoms with E-state index < -0.39 is 9.84 Å². The van der Waals surface area contributed by atoms with Crippen LogP contribution in [0.5, 0.6) is 0 Å². The standard InChI is InChI=1S/C23H17N3O3S/c27-23(12-7-17-4-3-13-24-14-17)26-19-8-10-20(11-9-19)30(28,29)22-16-25-15-18-5-1-2-6-21(18)22/h1-16H,(H,26,27). The minimum Gasteiger partial charge on any atom is -0.323 e. The monoisotopic (exact) mass is 415 g/mol. The van der Waals surface area contributed by atoms with E-state index in [9.17, 15) is 13.2 Å². The van der Waals surface area contributed by atoms with Gasteiger partial charge in [-0.05, 0) is 42.0 Å². The molecule has 1 amide bonds. The van der Waals surface area contributed by atoms with E-state index in [0.29, 0.717) is 11.1 Å². The number of nitrogens with one attached hydrogen (secondary N) is 1. The highest BCUT2D eigenvalue weighted by Crippen LogP contribution is 2.28. The fourth-order valence-electron chi connectivity index (χ4n) is 2.98. The number of aromatic nitrogens is 2. The van der Waals surface area contributed by atoms with Crippen LogP contribution in [-0.4, -0.2) is 24.3 Å². The molecule has 4 aromatic rings. The Morgan fingerprint density at radius 1 is 0.867 bits per heavy atom. The van der Waals surface area contributed by atoms with E-state index in [0.717, 1.165) is 10.9 Å². The number of benzene rings is 2. The summed E-state index contributed by atoms with van der Waals surface area (Å²) >= 11 is 0. The van der Waals surface area contributed by atoms with Gasteiger partial charge in [0.25, 0.3) is 0 Å². The van der Waals surface area contributed by atoms with Gasteiger partial charge in [-0.15, -0.1) is 0 Å². The second kappa shape index (κ2) is 8.26. The lowest BCUT2D eigenvalue weighted by Gasteiger charge is -2.09. The number of fused-ring (bicyclic) bond motifs is 1. The molecular formula is C23H17N3O3S. The molecule has 0 aliphatic heterocycles. The van der Waals surface area contributed by atoms with Crippen LogP contribution < -0.4 is 5.32 Å². The van der Waals surface area contributed by atoms with Crippen molar-refractivity contribution in [1.82, 2.24) is 9.97 Å². The lowest BCUT2D eigenvalue weighted by Crippen LogP contribution is -2.08. The highest BCUT2D eigenvalue weighted by Gasteiger charge is 2.20. The van der Waals surface area contributed by atoms with E-state index in [-0.39, 0.29) is 15.7 Å². The van der Waals surface area contributed by atoms with Crippen LogP contribution in [0.2, 0.25) is 0 Å². The maximum Gasteiger partial charge on any atom is 0.248 e. The van der Waals surface area contributed by atoms with Crippen LogP contribution >= 0.6 is 0 Å². The first-order valence-electron chi connectivity index (χ1n) is 9.11. The van der Waals surface area contributed by atoms with E-state index in [1.165, 1.54) is 24.4 Å². The normalized spacial score (nSPS) is 11.6. The average molecular weight is 415 g/mol. The molecule has 7 heteroatoms. The Bertz CT molecular complexity index is 1330. The molecule has 0 unspecified atom stereocenters. The zero-order valence-electron chi connectivity index (χ0n) is 15.8. The summed E-state index contributed by atoms with van der Waals surface area (Å²) in [7, 11) is -3.75. The third-order valence-electron chi connectivity index (χ3n) is 4.46. The van der Waals surface area contributed by atoms with Crippen molar-refractivity contribution in [1.29, 1.82) is 0 Å². The van der Waals surface area contributed by atoms with Crippen LogP contribution in [-0.2, 0) is 14.6 Å². The number of carbonyl (C=O) groups excluding carboxylic acids is 1. The van der Waals surface area contributed by atoms with Gasteiger partial charge in [0.1, 0.15) is 0 Å². The zero-order valence-corrected chi connectivity index (χ0v) is 16.6. The molecule has 2 aromatic carbocycles. The van der Waals surface area contributed by atoms with Gasteiger partial charge in [0.15, 0.2) is 0 Å². The predicted molar refractivity (Wildman–Crippen MR) is 116 cm³/mol. The summed E-state index contributed by atoms with van der Waals surface area (Å²) in [6, 6.07) is 16.9. The molecular weight excluding hydrogens is 398 g/mol. The SMILES string of the molecule is O=C(C=Cc1cccnc1)Nc1ccc(S(=O)(=O)c2cncc3ccccc23)cc1. The summed E-state index contributed by atoms with van der Waals surface area (Å²) < 4.78 is 26.2. The van der Waals surface area contributed by atoms with Gasteiger partial charge in [-0.3, -0.25) is 14.8 Å². The molecule has 0 saturated heterocycles. The minimum atomic E-state index is -3.75. The molecule has 0 aliphatic carbocycles. The Hall–Kier alpha value is -3.84. The first-order valence-corrected chi connectivity index (χ1v) is 10.6. The number of hydrogen-bond donors (Lipinski definition) is 1. The van der Waals surface area contributed by atoms with Gasteiger partial charge in [0.05, 0.1) is 9.79 Å². The zero-order chi connectivity index (χ0) is 21.0. The maximum atomic E-state index is 13.1. The van der Waals surface area contributed by atoms with Crippen LogP contribution in [0.1, 0.15) is 5.56 Å². The van der Waals surface area contributed by atoms with Crippen molar-refractivity contribution in [2.24, 2.45) is 0 Å². The van der Waals surface area contributed by atoms with Crippen molar-refractivity contribution in [3.8, 4) is 0 Å². The van der Waals surface area contributed by atoms with Crippen molar-refractivity contribution in [2.45, 2.75) is 9.79 Å². The number of nitrogens with zero attached hydrogens (tertiary/aromatic N) is 2. The van der Waals surface area contributed by atoms with Crippen LogP contribution in [0.4, 0.5) is 5.69 Å². The first kappa shape index (κ1) is 19.5. The Morgan fingerprint density at radius 3 is 2.43 bits per heavy atom. The number of hydrogen-bond acceptors (Lipinski definition) is 5. The third-order valence-corrected chi connectivity index (χ3v) is 6.26. The molecule has 148 valence electrons. The highest BCUT2D eigenvalue weighted by atomic mass is 32.2. The van der Waals surface area contributed by atoms with Gasteiger partial charge in [-0.25, -0.2) is 8.42 Å². The Kier molecular flexibility index (Phi) is 5.36. The van der Waals surface area contributed by atoms with Crippen molar-refractivity contribution in [3.63, 3.8) is 0 Å². The number of sulfone groups is 1. The summed E-state index contributed by atoms with van der Waals surface area (Å²) in [5.41, 5.74) is 1.30. The molecule has 0 aliphatic rings. The van der Waals surface area contributed by atoms with E-state index >= 15 is 0 Å². The van der Waals surface area contributed by atoms with Gasteiger partial charge in [-0.1, -0.05) is 30.3 Å². The van der Waals surface area contributed by atoms with Crippen LogP contribution in [0.15, 0.2) is 101 Å². The van der Waals surface area contributed by atoms with Crippen molar-refractivity contribution >= 4 is 38.3 Å². The highest BCUT2D eigenvalue weighted by molar-refractivity contribution is 7.91. The Morgan fingerprint density at radius 2 is 1.67 bits per heavy atom. The molecule has 2 aromatic heterocycles. The first-order chi connectivity index (χ1) is 14.5. The molecule has 4 rings (SSSR count). The lowest BCUT2D eigenvalue weighted by molar-refractivity contribution is -0.111. The van der Waals surface area contributed by atoms with Crippen molar-refractivity contribution in [3.05, 3.63) is 97.1 Å². The summed E-state index contributed by atoms with van der Waals surface area (Å²) in [5.74, 6) is -0.326. The summed E-state index contributed by atoms with van der Waals surface area (Å²) in [5, 5.41) is 4.08. The van der Waals surface area contributed by atoms with Crippen LogP contribution in [0.25, 0.3) is 16.8 Å². The number of amides is 1. The van der Waals surface area contributed by atoms with Gasteiger partial charge < -0.3 is 5.32 Å². The number of anilines is 1. The van der Waals surface area contributed by atoms with Gasteiger partial charge in [0, 0.05) is 47.3 Å². The predicted octanol–water partition coefficient (Wildman–Crippen LogP) is 4.11. The van der Waals surface area contributed by atoms with Gasteiger partial charge in [0.2, 0.25) is 15.7 Å². The smallest absolute Gasteiger partial charge is 0.248 e. The quantitative estimate of drug-likeness (QED) is 0.496. The second-order valence-corrected chi connectivity index (χ2v) is 8.41. The number of carbonyl (C=O) groups is 1. The van der Waals surface area contributed by atoms with E-state index in [1.807, 2.05) is 18.2 Å². The fraction of sp³-hybridized carbons (Fsp3) is 0. The topological polar surface area (TPSA) is 89.0 Å². The minimum absolute atomic E-state index is 0.129. The molecule has 0 spiro atoms. The summed E-state index contributed by atoms with van der Waals surface area (Å²) in [6.45, 7) is 0. The molecule has 0 bridgehead atoms. The molecule has 1 N–H and O–H groups in total. The second-order valence-electron chi connectivity index (χ2n) is 6.50. The molecule has 6 nitrogen and oxygen atoms in total. The van der Waals surface area contributed by atoms with Gasteiger partial charge >= 0.3 is 0 Å². The van der Waals surface area contributed by atoms with Crippen LogP contribution in [0.3, 0.4) is 0 Å². The van der Waals surface area contributed by atoms with E-state index in [1.54, 1.807) is 55.0 Å². The average Bonchev–Trinajstić information content (AvgIpc) is 2.78. The summed E-state index contributed by atoms with van der Waals surface area (Å²) in [6.07, 6.45) is 9.33. The van der Waals surface area contributed by atoms with Gasteiger partial charge in [-0.2, -0.15) is 0 Å². The van der Waals surface area contributed by atoms with Crippen molar-refractivity contribution in [2.75, 3.05) is 5.32 Å². The number of rotatable bonds is 5. The molecule has 2 heterocycles. The van der Waals surface area contributed by atoms with Crippen molar-refractivity contribution < 1.29 is 13.2 Å². The third kappa shape index (κ3) is 4.11. The molecule has 0 saturated carbocycles. The molecule has 30 heavy (non-hydrogen) atoms. The number of pyridine rings is 2. The summed E-state index contributed by atoms with van der Waals surface area (Å²) in [4.78, 5) is 20.4. The van der Waals surface area contributed by atoms with E-state index in [2.05, 4.69) is 15.3 Å². The maximum absolute atomic E-state index is 13.1. The Labute approximate surface area is 173 Å². The molecule has 0 atom stereocenters. The van der Waals surface area contributed by atoms with Crippen LogP contribution in [0, 0.1) is 0 Å². The molecule has 0 radical (unpaired) electrons.